The van der Waals surface area contributed by atoms with Gasteiger partial charge in [-0.15, -0.1) is 0 Å². The van der Waals surface area contributed by atoms with E-state index >= 15 is 0 Å². The van der Waals surface area contributed by atoms with E-state index in [0.29, 0.717) is 0 Å². The average molecular weight is 531 g/mol. The Kier molecular flexibility index (Phi) is 4.38. The summed E-state index contributed by atoms with van der Waals surface area (Å²) in [6, 6.07) is 30.9. The highest BCUT2D eigenvalue weighted by Crippen LogP contribution is 2.35. The molecule has 8 nitrogen and oxygen atoms in total. The lowest BCUT2D eigenvalue weighted by molar-refractivity contribution is 1.08. The molecule has 4 aromatic carbocycles. The Morgan fingerprint density at radius 1 is 0.366 bits per heavy atom. The zero-order valence-corrected chi connectivity index (χ0v) is 21.9. The molecule has 4 aromatic heterocycles. The van der Waals surface area contributed by atoms with Gasteiger partial charge in [-0.3, -0.25) is 0 Å². The number of aromatic amines is 4. The van der Waals surface area contributed by atoms with E-state index in [-0.39, 0.29) is 0 Å². The van der Waals surface area contributed by atoms with Crippen LogP contribution in [0.4, 0.5) is 23.3 Å². The first-order chi connectivity index (χ1) is 20.2. The summed E-state index contributed by atoms with van der Waals surface area (Å²) in [6.07, 6.45) is 0. The van der Waals surface area contributed by atoms with Gasteiger partial charge in [0.05, 0.1) is 0 Å². The van der Waals surface area contributed by atoms with Crippen LogP contribution in [0, 0.1) is 6.92 Å². The van der Waals surface area contributed by atoms with Gasteiger partial charge in [0.25, 0.3) is 0 Å². The Balaban J connectivity index is 1.51. The van der Waals surface area contributed by atoms with Crippen LogP contribution < -0.4 is 22.0 Å². The van der Waals surface area contributed by atoms with Crippen molar-refractivity contribution in [1.29, 1.82) is 0 Å². The number of hydrogen-bond donors (Lipinski definition) is 4. The van der Waals surface area contributed by atoms with Crippen molar-refractivity contribution in [2.45, 2.75) is 6.92 Å². The molecule has 0 amide bonds. The first kappa shape index (κ1) is 22.1. The summed E-state index contributed by atoms with van der Waals surface area (Å²) in [5, 5.41) is 7.94. The normalized spacial score (nSPS) is 12.8. The van der Waals surface area contributed by atoms with Crippen LogP contribution in [-0.4, -0.2) is 19.9 Å². The molecule has 194 valence electrons. The molecule has 8 aromatic rings. The fourth-order valence-corrected chi connectivity index (χ4v) is 5.89. The van der Waals surface area contributed by atoms with Gasteiger partial charge in [0.15, 0.2) is 0 Å². The highest BCUT2D eigenvalue weighted by atomic mass is 15.1. The number of aryl methyl sites for hydroxylation is 1. The number of nitrogens with zero attached hydrogens (tertiary/aromatic N) is 4. The molecule has 41 heavy (non-hydrogen) atoms. The van der Waals surface area contributed by atoms with E-state index in [1.54, 1.807) is 0 Å². The minimum absolute atomic E-state index is 0.730. The standard InChI is InChI=1S/C33H22N8/c1-17-14-15-24-25(16-17)33-40-31-23-13-7-6-12-22(23)29(38-31)36-27-19-9-3-2-8-18(19)26(34-27)35-28-20-10-4-5-11-21(20)30(37-28)39-32(24)41-33/h2-16H,1H3,(H4,34,35,36,37,38,39,40,41). The van der Waals surface area contributed by atoms with Crippen molar-refractivity contribution in [1.82, 2.24) is 19.9 Å². The van der Waals surface area contributed by atoms with Gasteiger partial charge in [0, 0.05) is 43.1 Å². The van der Waals surface area contributed by atoms with Gasteiger partial charge in [0.2, 0.25) is 0 Å². The molecule has 0 fully saturated rings. The van der Waals surface area contributed by atoms with Crippen molar-refractivity contribution in [3.05, 3.63) is 119 Å². The third-order valence-electron chi connectivity index (χ3n) is 7.84. The van der Waals surface area contributed by atoms with Crippen LogP contribution in [0.5, 0.6) is 0 Å². The van der Waals surface area contributed by atoms with Gasteiger partial charge in [-0.2, -0.15) is 0 Å². The quantitative estimate of drug-likeness (QED) is 0.183. The van der Waals surface area contributed by atoms with Gasteiger partial charge in [-0.05, 0) is 13.0 Å². The molecular formula is C33H22N8. The van der Waals surface area contributed by atoms with Crippen LogP contribution in [0.3, 0.4) is 0 Å². The molecule has 8 bridgehead atoms. The summed E-state index contributed by atoms with van der Waals surface area (Å²) in [5.74, 6) is 2.93. The molecule has 0 saturated carbocycles. The predicted molar refractivity (Wildman–Crippen MR) is 161 cm³/mol. The molecule has 0 atom stereocenters. The van der Waals surface area contributed by atoms with E-state index in [9.17, 15) is 0 Å². The van der Waals surface area contributed by atoms with Crippen molar-refractivity contribution in [3.63, 3.8) is 0 Å². The maximum absolute atomic E-state index is 5.12. The smallest absolute Gasteiger partial charge is 0.142 e. The van der Waals surface area contributed by atoms with Crippen molar-refractivity contribution in [2.24, 2.45) is 20.0 Å². The van der Waals surface area contributed by atoms with Crippen molar-refractivity contribution in [3.8, 4) is 0 Å². The molecule has 0 saturated heterocycles. The Morgan fingerprint density at radius 3 is 1.12 bits per heavy atom. The Bertz CT molecular complexity index is 2600. The van der Waals surface area contributed by atoms with Gasteiger partial charge in [0.1, 0.15) is 45.2 Å². The minimum atomic E-state index is 0.730. The number of H-pyrrole nitrogens is 4. The van der Waals surface area contributed by atoms with E-state index in [1.165, 1.54) is 0 Å². The van der Waals surface area contributed by atoms with Crippen LogP contribution in [0.25, 0.3) is 43.1 Å². The summed E-state index contributed by atoms with van der Waals surface area (Å²) in [5.41, 5.74) is 4.08. The predicted octanol–water partition coefficient (Wildman–Crippen LogP) is 6.04. The fraction of sp³-hybridized carbons (Fsp3) is 0.0303. The monoisotopic (exact) mass is 530 g/mol. The molecule has 0 unspecified atom stereocenters. The molecule has 4 N–H and O–H groups in total. The number of nitrogens with one attached hydrogen (secondary N) is 4. The van der Waals surface area contributed by atoms with E-state index in [1.807, 2.05) is 36.4 Å². The average Bonchev–Trinajstić information content (AvgIpc) is 3.72. The Hall–Kier alpha value is -5.76. The summed E-state index contributed by atoms with van der Waals surface area (Å²) in [4.78, 5) is 34.4. The summed E-state index contributed by atoms with van der Waals surface area (Å²) >= 11 is 0. The largest absolute Gasteiger partial charge is 0.324 e. The van der Waals surface area contributed by atoms with E-state index in [2.05, 4.69) is 81.5 Å². The lowest BCUT2D eigenvalue weighted by Gasteiger charge is -1.95. The molecule has 1 aliphatic rings. The zero-order chi connectivity index (χ0) is 27.1. The molecular weight excluding hydrogens is 508 g/mol. The maximum atomic E-state index is 5.12. The van der Waals surface area contributed by atoms with E-state index in [4.69, 9.17) is 20.0 Å². The lowest BCUT2D eigenvalue weighted by atomic mass is 10.1. The van der Waals surface area contributed by atoms with Gasteiger partial charge < -0.3 is 19.9 Å². The van der Waals surface area contributed by atoms with Crippen molar-refractivity contribution >= 4 is 66.4 Å². The highest BCUT2D eigenvalue weighted by Gasteiger charge is 2.14. The third kappa shape index (κ3) is 3.28. The molecule has 0 spiro atoms. The Labute approximate surface area is 231 Å². The molecule has 5 heterocycles. The first-order valence-electron chi connectivity index (χ1n) is 13.5. The lowest BCUT2D eigenvalue weighted by Crippen LogP contribution is -2.10. The molecule has 8 heteroatoms. The molecule has 1 aliphatic heterocycles. The van der Waals surface area contributed by atoms with Crippen LogP contribution in [0.2, 0.25) is 0 Å². The minimum Gasteiger partial charge on any atom is -0.324 e. The topological polar surface area (TPSA) is 113 Å². The van der Waals surface area contributed by atoms with Crippen LogP contribution >= 0.6 is 0 Å². The second-order valence-electron chi connectivity index (χ2n) is 10.4. The maximum Gasteiger partial charge on any atom is 0.142 e. The van der Waals surface area contributed by atoms with Crippen molar-refractivity contribution in [2.75, 3.05) is 0 Å². The van der Waals surface area contributed by atoms with Crippen LogP contribution in [-0.2, 0) is 0 Å². The third-order valence-corrected chi connectivity index (χ3v) is 7.84. The molecule has 0 aliphatic carbocycles. The van der Waals surface area contributed by atoms with Gasteiger partial charge in [-0.1, -0.05) is 90.5 Å². The number of benzene rings is 4. The number of fused-ring (bicyclic) bond motifs is 20. The molecule has 0 radical (unpaired) electrons. The fourth-order valence-electron chi connectivity index (χ4n) is 5.89. The second-order valence-corrected chi connectivity index (χ2v) is 10.4. The summed E-state index contributed by atoms with van der Waals surface area (Å²) in [6.45, 7) is 2.09. The van der Waals surface area contributed by atoms with Crippen LogP contribution in [0.15, 0.2) is 111 Å². The van der Waals surface area contributed by atoms with Crippen molar-refractivity contribution < 1.29 is 0 Å². The zero-order valence-electron chi connectivity index (χ0n) is 21.9. The highest BCUT2D eigenvalue weighted by molar-refractivity contribution is 6.01. The molecule has 9 rings (SSSR count). The Morgan fingerprint density at radius 2 is 0.707 bits per heavy atom. The van der Waals surface area contributed by atoms with Crippen LogP contribution in [0.1, 0.15) is 5.56 Å². The van der Waals surface area contributed by atoms with Gasteiger partial charge in [-0.25, -0.2) is 20.0 Å². The SMILES string of the molecule is Cc1ccc2c3[nH]c(c2c1)N=c1[nH]c(c2ccccc12)=Nc1[nH]c(c2ccccc12)N=c1[nH]c(c2ccccc12)=N3. The van der Waals surface area contributed by atoms with Gasteiger partial charge >= 0.3 is 0 Å². The number of hydrogen-bond acceptors (Lipinski definition) is 4. The number of rotatable bonds is 0. The first-order valence-corrected chi connectivity index (χ1v) is 13.5. The second kappa shape index (κ2) is 8.12. The summed E-state index contributed by atoms with van der Waals surface area (Å²) < 4.78 is 0. The summed E-state index contributed by atoms with van der Waals surface area (Å²) in [7, 11) is 0. The number of aromatic nitrogens is 4. The van der Waals surface area contributed by atoms with E-state index in [0.717, 1.165) is 93.9 Å². The van der Waals surface area contributed by atoms with E-state index < -0.39 is 0 Å².